The molecule has 136 valence electrons. The summed E-state index contributed by atoms with van der Waals surface area (Å²) in [5.41, 5.74) is 1.59. The number of guanidine groups is 1. The first-order valence-electron chi connectivity index (χ1n) is 8.81. The van der Waals surface area contributed by atoms with Crippen LogP contribution in [-0.2, 0) is 11.3 Å². The van der Waals surface area contributed by atoms with Crippen molar-refractivity contribution in [3.8, 4) is 0 Å². The van der Waals surface area contributed by atoms with Gasteiger partial charge in [-0.3, -0.25) is 9.67 Å². The van der Waals surface area contributed by atoms with Gasteiger partial charge in [0, 0.05) is 50.9 Å². The van der Waals surface area contributed by atoms with Crippen LogP contribution in [0, 0.1) is 12.3 Å². The topological polar surface area (TPSA) is 54.7 Å². The number of hydrogen-bond donors (Lipinski definition) is 1. The molecular weight excluding hydrogens is 417 g/mol. The molecule has 2 aliphatic heterocycles. The molecule has 3 heterocycles. The fraction of sp³-hybridized carbons (Fsp3) is 0.765. The Labute approximate surface area is 162 Å². The summed E-state index contributed by atoms with van der Waals surface area (Å²) < 4.78 is 7.62. The van der Waals surface area contributed by atoms with E-state index in [0.717, 1.165) is 58.3 Å². The van der Waals surface area contributed by atoms with Gasteiger partial charge in [0.05, 0.1) is 12.8 Å². The Morgan fingerprint density at radius 1 is 1.46 bits per heavy atom. The lowest BCUT2D eigenvalue weighted by Gasteiger charge is -2.25. The largest absolute Gasteiger partial charge is 0.381 e. The van der Waals surface area contributed by atoms with Gasteiger partial charge in [-0.1, -0.05) is 0 Å². The highest BCUT2D eigenvalue weighted by molar-refractivity contribution is 14.0. The van der Waals surface area contributed by atoms with E-state index in [4.69, 9.17) is 9.73 Å². The van der Waals surface area contributed by atoms with Crippen LogP contribution in [0.2, 0.25) is 0 Å². The number of hydrogen-bond acceptors (Lipinski definition) is 3. The number of aryl methyl sites for hydroxylation is 2. The number of nitrogens with zero attached hydrogens (tertiary/aromatic N) is 4. The summed E-state index contributed by atoms with van der Waals surface area (Å²) in [7, 11) is 0. The van der Waals surface area contributed by atoms with Gasteiger partial charge in [0.2, 0.25) is 0 Å². The summed E-state index contributed by atoms with van der Waals surface area (Å²) in [6.07, 6.45) is 7.42. The van der Waals surface area contributed by atoms with Crippen molar-refractivity contribution in [2.75, 3.05) is 39.4 Å². The molecule has 0 radical (unpaired) electrons. The number of aromatic nitrogens is 2. The average Bonchev–Trinajstić information content (AvgIpc) is 3.26. The Morgan fingerprint density at radius 3 is 3.00 bits per heavy atom. The van der Waals surface area contributed by atoms with Crippen LogP contribution in [0.5, 0.6) is 0 Å². The molecule has 1 N–H and O–H groups in total. The number of nitrogens with one attached hydrogen (secondary N) is 1. The summed E-state index contributed by atoms with van der Waals surface area (Å²) in [5, 5.41) is 7.77. The Bertz CT molecular complexity index is 539. The first kappa shape index (κ1) is 19.5. The monoisotopic (exact) mass is 447 g/mol. The molecule has 1 aromatic heterocycles. The third kappa shape index (κ3) is 4.84. The molecular formula is C17H30IN5O. The number of halogens is 1. The predicted octanol–water partition coefficient (Wildman–Crippen LogP) is 2.28. The molecule has 2 fully saturated rings. The zero-order valence-electron chi connectivity index (χ0n) is 14.8. The number of rotatable bonds is 5. The molecule has 2 saturated heterocycles. The quantitative estimate of drug-likeness (QED) is 0.326. The van der Waals surface area contributed by atoms with Crippen molar-refractivity contribution in [3.05, 3.63) is 18.0 Å². The Hall–Kier alpha value is -0.830. The van der Waals surface area contributed by atoms with Crippen LogP contribution >= 0.6 is 24.0 Å². The van der Waals surface area contributed by atoms with Crippen LogP contribution in [0.1, 0.15) is 31.7 Å². The van der Waals surface area contributed by atoms with E-state index in [1.165, 1.54) is 18.4 Å². The second kappa shape index (κ2) is 9.03. The maximum atomic E-state index is 5.62. The summed E-state index contributed by atoms with van der Waals surface area (Å²) >= 11 is 0. The number of likely N-dealkylation sites (tertiary alicyclic amines) is 1. The number of aliphatic imine (C=N–C) groups is 1. The third-order valence-electron chi connectivity index (χ3n) is 4.83. The number of ether oxygens (including phenoxy) is 1. The molecule has 7 heteroatoms. The lowest BCUT2D eigenvalue weighted by Crippen LogP contribution is -2.41. The van der Waals surface area contributed by atoms with Gasteiger partial charge in [-0.25, -0.2) is 0 Å². The molecule has 2 aliphatic rings. The van der Waals surface area contributed by atoms with Crippen LogP contribution < -0.4 is 5.32 Å². The highest BCUT2D eigenvalue weighted by atomic mass is 127. The first-order valence-corrected chi connectivity index (χ1v) is 8.81. The van der Waals surface area contributed by atoms with Gasteiger partial charge >= 0.3 is 0 Å². The zero-order chi connectivity index (χ0) is 16.1. The standard InChI is InChI=1S/C17H29N5O.HI/c1-3-18-16(19-7-4-8-22-12-15(2)11-20-22)21-9-5-17(13-21)6-10-23-14-17;/h11-12H,3-10,13-14H2,1-2H3,(H,18,19);1H. The summed E-state index contributed by atoms with van der Waals surface area (Å²) in [6.45, 7) is 10.9. The van der Waals surface area contributed by atoms with Crippen LogP contribution in [0.15, 0.2) is 17.4 Å². The minimum absolute atomic E-state index is 0. The van der Waals surface area contributed by atoms with Crippen LogP contribution in [-0.4, -0.2) is 60.0 Å². The maximum absolute atomic E-state index is 5.62. The molecule has 1 spiro atoms. The Kier molecular flexibility index (Phi) is 7.34. The van der Waals surface area contributed by atoms with Gasteiger partial charge in [-0.2, -0.15) is 5.10 Å². The molecule has 3 rings (SSSR count). The van der Waals surface area contributed by atoms with Crippen molar-refractivity contribution in [1.82, 2.24) is 20.0 Å². The van der Waals surface area contributed by atoms with E-state index in [1.54, 1.807) is 0 Å². The maximum Gasteiger partial charge on any atom is 0.193 e. The molecule has 6 nitrogen and oxygen atoms in total. The predicted molar refractivity (Wildman–Crippen MR) is 107 cm³/mol. The van der Waals surface area contributed by atoms with E-state index in [1.807, 2.05) is 10.9 Å². The highest BCUT2D eigenvalue weighted by Crippen LogP contribution is 2.38. The average molecular weight is 447 g/mol. The summed E-state index contributed by atoms with van der Waals surface area (Å²) in [4.78, 5) is 7.23. The van der Waals surface area contributed by atoms with E-state index < -0.39 is 0 Å². The normalized spacial score (nSPS) is 23.8. The van der Waals surface area contributed by atoms with Crippen molar-refractivity contribution in [1.29, 1.82) is 0 Å². The molecule has 0 bridgehead atoms. The van der Waals surface area contributed by atoms with Crippen molar-refractivity contribution in [2.24, 2.45) is 10.4 Å². The van der Waals surface area contributed by atoms with Crippen molar-refractivity contribution < 1.29 is 4.74 Å². The van der Waals surface area contributed by atoms with Gasteiger partial charge in [-0.05, 0) is 38.7 Å². The molecule has 1 atom stereocenters. The zero-order valence-corrected chi connectivity index (χ0v) is 17.2. The van der Waals surface area contributed by atoms with Crippen molar-refractivity contribution >= 4 is 29.9 Å². The van der Waals surface area contributed by atoms with Gasteiger partial charge in [0.1, 0.15) is 0 Å². The van der Waals surface area contributed by atoms with Crippen LogP contribution in [0.25, 0.3) is 0 Å². The Morgan fingerprint density at radius 2 is 2.33 bits per heavy atom. The fourth-order valence-electron chi connectivity index (χ4n) is 3.52. The fourth-order valence-corrected chi connectivity index (χ4v) is 3.52. The van der Waals surface area contributed by atoms with E-state index in [2.05, 4.69) is 35.4 Å². The third-order valence-corrected chi connectivity index (χ3v) is 4.83. The van der Waals surface area contributed by atoms with Gasteiger partial charge in [0.15, 0.2) is 5.96 Å². The molecule has 24 heavy (non-hydrogen) atoms. The second-order valence-corrected chi connectivity index (χ2v) is 6.84. The lowest BCUT2D eigenvalue weighted by molar-refractivity contribution is 0.156. The van der Waals surface area contributed by atoms with Crippen molar-refractivity contribution in [3.63, 3.8) is 0 Å². The SMILES string of the molecule is CCNC(=NCCCn1cc(C)cn1)N1CCC2(CCOC2)C1.I. The molecule has 0 saturated carbocycles. The Balaban J connectivity index is 0.00000208. The van der Waals surface area contributed by atoms with Crippen molar-refractivity contribution in [2.45, 2.75) is 39.7 Å². The van der Waals surface area contributed by atoms with Crippen LogP contribution in [0.3, 0.4) is 0 Å². The minimum Gasteiger partial charge on any atom is -0.381 e. The summed E-state index contributed by atoms with van der Waals surface area (Å²) in [6, 6.07) is 0. The van der Waals surface area contributed by atoms with Crippen LogP contribution in [0.4, 0.5) is 0 Å². The summed E-state index contributed by atoms with van der Waals surface area (Å²) in [5.74, 6) is 1.06. The molecule has 0 aliphatic carbocycles. The molecule has 0 amide bonds. The lowest BCUT2D eigenvalue weighted by atomic mass is 9.87. The second-order valence-electron chi connectivity index (χ2n) is 6.84. The smallest absolute Gasteiger partial charge is 0.193 e. The molecule has 1 aromatic rings. The van der Waals surface area contributed by atoms with E-state index in [-0.39, 0.29) is 24.0 Å². The first-order chi connectivity index (χ1) is 11.2. The minimum atomic E-state index is 0. The van der Waals surface area contributed by atoms with Gasteiger partial charge in [-0.15, -0.1) is 24.0 Å². The highest BCUT2D eigenvalue weighted by Gasteiger charge is 2.42. The van der Waals surface area contributed by atoms with E-state index in [9.17, 15) is 0 Å². The van der Waals surface area contributed by atoms with Gasteiger partial charge in [0.25, 0.3) is 0 Å². The van der Waals surface area contributed by atoms with E-state index >= 15 is 0 Å². The molecule has 0 aromatic carbocycles. The van der Waals surface area contributed by atoms with E-state index in [0.29, 0.717) is 5.41 Å². The van der Waals surface area contributed by atoms with Gasteiger partial charge < -0.3 is 15.0 Å². The molecule has 1 unspecified atom stereocenters.